The van der Waals surface area contributed by atoms with Crippen molar-refractivity contribution in [3.8, 4) is 5.69 Å². The van der Waals surface area contributed by atoms with Gasteiger partial charge in [-0.15, -0.1) is 0 Å². The average Bonchev–Trinajstić information content (AvgIpc) is 2.74. The zero-order valence-corrected chi connectivity index (χ0v) is 11.1. The van der Waals surface area contributed by atoms with E-state index < -0.39 is 0 Å². The van der Waals surface area contributed by atoms with Gasteiger partial charge in [0.2, 0.25) is 0 Å². The summed E-state index contributed by atoms with van der Waals surface area (Å²) in [5.74, 6) is 0. The Labute approximate surface area is 108 Å². The lowest BCUT2D eigenvalue weighted by atomic mass is 10.1. The van der Waals surface area contributed by atoms with Crippen molar-refractivity contribution in [2.24, 2.45) is 0 Å². The Bertz CT molecular complexity index is 702. The van der Waals surface area contributed by atoms with Crippen LogP contribution in [0, 0.1) is 20.8 Å². The van der Waals surface area contributed by atoms with Crippen LogP contribution < -0.4 is 0 Å². The quantitative estimate of drug-likeness (QED) is 0.583. The lowest BCUT2D eigenvalue weighted by Crippen LogP contribution is -1.92. The Kier molecular flexibility index (Phi) is 2.48. The first-order valence-electron chi connectivity index (χ1n) is 6.30. The van der Waals surface area contributed by atoms with Crippen molar-refractivity contribution < 1.29 is 0 Å². The second-order valence-corrected chi connectivity index (χ2v) is 5.04. The molecule has 0 aliphatic rings. The first-order valence-corrected chi connectivity index (χ1v) is 6.30. The molecule has 0 unspecified atom stereocenters. The summed E-state index contributed by atoms with van der Waals surface area (Å²) >= 11 is 0. The van der Waals surface area contributed by atoms with Gasteiger partial charge in [0.1, 0.15) is 0 Å². The molecule has 0 radical (unpaired) electrons. The molecule has 0 saturated carbocycles. The van der Waals surface area contributed by atoms with Gasteiger partial charge in [0.05, 0.1) is 5.52 Å². The van der Waals surface area contributed by atoms with Crippen LogP contribution in [-0.4, -0.2) is 4.57 Å². The fraction of sp³-hybridized carbons (Fsp3) is 0.176. The van der Waals surface area contributed by atoms with E-state index in [1.165, 1.54) is 33.3 Å². The van der Waals surface area contributed by atoms with Crippen molar-refractivity contribution >= 4 is 10.9 Å². The highest BCUT2D eigenvalue weighted by Crippen LogP contribution is 2.24. The zero-order valence-electron chi connectivity index (χ0n) is 11.1. The van der Waals surface area contributed by atoms with Gasteiger partial charge in [0, 0.05) is 17.3 Å². The number of hydrogen-bond acceptors (Lipinski definition) is 0. The predicted molar refractivity (Wildman–Crippen MR) is 77.5 cm³/mol. The lowest BCUT2D eigenvalue weighted by Gasteiger charge is -2.07. The van der Waals surface area contributed by atoms with Gasteiger partial charge < -0.3 is 4.57 Å². The van der Waals surface area contributed by atoms with E-state index in [0.29, 0.717) is 0 Å². The van der Waals surface area contributed by atoms with E-state index in [1.54, 1.807) is 0 Å². The highest BCUT2D eigenvalue weighted by Gasteiger charge is 2.05. The standard InChI is InChI=1S/C17H17N/c1-12-4-6-15(7-5-12)18-9-8-16-14(3)10-13(2)11-17(16)18/h4-11H,1-3H3. The normalized spacial score (nSPS) is 11.1. The van der Waals surface area contributed by atoms with E-state index in [2.05, 4.69) is 74.0 Å². The van der Waals surface area contributed by atoms with E-state index in [9.17, 15) is 0 Å². The van der Waals surface area contributed by atoms with E-state index >= 15 is 0 Å². The molecule has 2 aromatic carbocycles. The summed E-state index contributed by atoms with van der Waals surface area (Å²) in [6.45, 7) is 6.44. The molecular formula is C17H17N. The number of fused-ring (bicyclic) bond motifs is 1. The molecule has 1 heteroatoms. The predicted octanol–water partition coefficient (Wildman–Crippen LogP) is 4.56. The Balaban J connectivity index is 2.27. The maximum Gasteiger partial charge on any atom is 0.0533 e. The molecular weight excluding hydrogens is 218 g/mol. The van der Waals surface area contributed by atoms with Crippen LogP contribution in [0.25, 0.3) is 16.6 Å². The van der Waals surface area contributed by atoms with Crippen LogP contribution in [0.3, 0.4) is 0 Å². The van der Waals surface area contributed by atoms with Gasteiger partial charge in [0.15, 0.2) is 0 Å². The fourth-order valence-corrected chi connectivity index (χ4v) is 2.53. The van der Waals surface area contributed by atoms with Crippen LogP contribution in [0.4, 0.5) is 0 Å². The third kappa shape index (κ3) is 1.72. The van der Waals surface area contributed by atoms with Crippen LogP contribution in [0.15, 0.2) is 48.7 Å². The molecule has 3 aromatic rings. The summed E-state index contributed by atoms with van der Waals surface area (Å²) in [4.78, 5) is 0. The average molecular weight is 235 g/mol. The van der Waals surface area contributed by atoms with Gasteiger partial charge in [-0.05, 0) is 56.2 Å². The Morgan fingerprint density at radius 2 is 1.50 bits per heavy atom. The molecule has 0 amide bonds. The molecule has 0 spiro atoms. The molecule has 1 nitrogen and oxygen atoms in total. The second kappa shape index (κ2) is 4.02. The largest absolute Gasteiger partial charge is 0.317 e. The summed E-state index contributed by atoms with van der Waals surface area (Å²) in [5.41, 5.74) is 6.46. The summed E-state index contributed by atoms with van der Waals surface area (Å²) in [5, 5.41) is 1.33. The van der Waals surface area contributed by atoms with Gasteiger partial charge in [-0.25, -0.2) is 0 Å². The van der Waals surface area contributed by atoms with Gasteiger partial charge in [0.25, 0.3) is 0 Å². The minimum atomic E-state index is 1.22. The molecule has 3 rings (SSSR count). The molecule has 0 saturated heterocycles. The topological polar surface area (TPSA) is 4.93 Å². The van der Waals surface area contributed by atoms with Crippen LogP contribution in [0.2, 0.25) is 0 Å². The van der Waals surface area contributed by atoms with Crippen LogP contribution in [0.5, 0.6) is 0 Å². The summed E-state index contributed by atoms with van der Waals surface area (Å²) < 4.78 is 2.26. The summed E-state index contributed by atoms with van der Waals surface area (Å²) in [6.07, 6.45) is 2.15. The third-order valence-electron chi connectivity index (χ3n) is 3.47. The second-order valence-electron chi connectivity index (χ2n) is 5.04. The number of benzene rings is 2. The molecule has 1 heterocycles. The molecule has 0 aliphatic heterocycles. The highest BCUT2D eigenvalue weighted by atomic mass is 15.0. The van der Waals surface area contributed by atoms with E-state index in [4.69, 9.17) is 0 Å². The smallest absolute Gasteiger partial charge is 0.0533 e. The van der Waals surface area contributed by atoms with E-state index in [1.807, 2.05) is 0 Å². The number of nitrogens with zero attached hydrogens (tertiary/aromatic N) is 1. The van der Waals surface area contributed by atoms with Gasteiger partial charge >= 0.3 is 0 Å². The monoisotopic (exact) mass is 235 g/mol. The van der Waals surface area contributed by atoms with Crippen LogP contribution in [-0.2, 0) is 0 Å². The molecule has 90 valence electrons. The van der Waals surface area contributed by atoms with Gasteiger partial charge in [-0.2, -0.15) is 0 Å². The van der Waals surface area contributed by atoms with E-state index in [-0.39, 0.29) is 0 Å². The number of hydrogen-bond donors (Lipinski definition) is 0. The van der Waals surface area contributed by atoms with Crippen molar-refractivity contribution in [1.29, 1.82) is 0 Å². The maximum absolute atomic E-state index is 2.26. The van der Waals surface area contributed by atoms with Gasteiger partial charge in [-0.3, -0.25) is 0 Å². The molecule has 18 heavy (non-hydrogen) atoms. The lowest BCUT2D eigenvalue weighted by molar-refractivity contribution is 1.12. The molecule has 0 N–H and O–H groups in total. The Morgan fingerprint density at radius 3 is 2.22 bits per heavy atom. The fourth-order valence-electron chi connectivity index (χ4n) is 2.53. The minimum absolute atomic E-state index is 1.22. The van der Waals surface area contributed by atoms with Crippen molar-refractivity contribution in [3.05, 3.63) is 65.4 Å². The van der Waals surface area contributed by atoms with Crippen molar-refractivity contribution in [2.75, 3.05) is 0 Å². The van der Waals surface area contributed by atoms with Crippen molar-refractivity contribution in [2.45, 2.75) is 20.8 Å². The number of aryl methyl sites for hydroxylation is 3. The summed E-state index contributed by atoms with van der Waals surface area (Å²) in [7, 11) is 0. The van der Waals surface area contributed by atoms with Crippen LogP contribution >= 0.6 is 0 Å². The molecule has 0 fully saturated rings. The van der Waals surface area contributed by atoms with Crippen LogP contribution in [0.1, 0.15) is 16.7 Å². The third-order valence-corrected chi connectivity index (χ3v) is 3.47. The minimum Gasteiger partial charge on any atom is -0.317 e. The number of aromatic nitrogens is 1. The Hall–Kier alpha value is -2.02. The number of rotatable bonds is 1. The molecule has 1 aromatic heterocycles. The van der Waals surface area contributed by atoms with E-state index in [0.717, 1.165) is 0 Å². The summed E-state index contributed by atoms with van der Waals surface area (Å²) in [6, 6.07) is 15.3. The van der Waals surface area contributed by atoms with Crippen molar-refractivity contribution in [1.82, 2.24) is 4.57 Å². The molecule has 0 bridgehead atoms. The SMILES string of the molecule is Cc1ccc(-n2ccc3c(C)cc(C)cc32)cc1. The molecule has 0 aliphatic carbocycles. The Morgan fingerprint density at radius 1 is 0.778 bits per heavy atom. The first-order chi connectivity index (χ1) is 8.65. The maximum atomic E-state index is 2.26. The zero-order chi connectivity index (χ0) is 12.7. The van der Waals surface area contributed by atoms with Gasteiger partial charge in [-0.1, -0.05) is 23.8 Å². The molecule has 0 atom stereocenters. The highest BCUT2D eigenvalue weighted by molar-refractivity contribution is 5.85. The van der Waals surface area contributed by atoms with Crippen molar-refractivity contribution in [3.63, 3.8) is 0 Å². The first kappa shape index (κ1) is 11.1.